The van der Waals surface area contributed by atoms with Crippen LogP contribution in [0.25, 0.3) is 0 Å². The number of hydrogen-bond acceptors (Lipinski definition) is 2. The molecule has 1 aromatic carbocycles. The van der Waals surface area contributed by atoms with Crippen LogP contribution in [0.15, 0.2) is 18.2 Å². The Morgan fingerprint density at radius 2 is 2.05 bits per heavy atom. The Morgan fingerprint density at radius 1 is 1.26 bits per heavy atom. The molecular formula is C15H22FNO2. The second-order valence-electron chi connectivity index (χ2n) is 4.78. The first-order valence-electron chi connectivity index (χ1n) is 6.77. The number of hydrogen-bond donors (Lipinski definition) is 2. The van der Waals surface area contributed by atoms with E-state index < -0.39 is 5.97 Å². The molecule has 0 aromatic heterocycles. The highest BCUT2D eigenvalue weighted by Gasteiger charge is 2.00. The highest BCUT2D eigenvalue weighted by molar-refractivity contribution is 5.66. The quantitative estimate of drug-likeness (QED) is 0.676. The summed E-state index contributed by atoms with van der Waals surface area (Å²) in [5, 5.41) is 11.8. The second kappa shape index (κ2) is 8.64. The van der Waals surface area contributed by atoms with E-state index >= 15 is 0 Å². The highest BCUT2D eigenvalue weighted by Crippen LogP contribution is 2.10. The van der Waals surface area contributed by atoms with Gasteiger partial charge in [0.25, 0.3) is 0 Å². The first kappa shape index (κ1) is 15.6. The second-order valence-corrected chi connectivity index (χ2v) is 4.78. The largest absolute Gasteiger partial charge is 0.481 e. The van der Waals surface area contributed by atoms with E-state index in [4.69, 9.17) is 5.11 Å². The molecule has 0 bridgehead atoms. The number of carbonyl (C=O) groups is 1. The highest BCUT2D eigenvalue weighted by atomic mass is 19.1. The summed E-state index contributed by atoms with van der Waals surface area (Å²) in [5.41, 5.74) is 2.16. The maximum Gasteiger partial charge on any atom is 0.303 e. The fourth-order valence-corrected chi connectivity index (χ4v) is 1.99. The van der Waals surface area contributed by atoms with E-state index in [0.29, 0.717) is 0 Å². The minimum atomic E-state index is -0.722. The van der Waals surface area contributed by atoms with E-state index in [2.05, 4.69) is 5.32 Å². The number of carboxylic acid groups (broad SMARTS) is 1. The Morgan fingerprint density at radius 3 is 2.74 bits per heavy atom. The maximum absolute atomic E-state index is 12.9. The minimum Gasteiger partial charge on any atom is -0.481 e. The van der Waals surface area contributed by atoms with Gasteiger partial charge in [0.15, 0.2) is 0 Å². The SMILES string of the molecule is Cc1cc(F)ccc1CCNCCCCCC(=O)O. The molecule has 0 unspecified atom stereocenters. The van der Waals surface area contributed by atoms with Crippen LogP contribution in [0.4, 0.5) is 4.39 Å². The molecule has 0 fully saturated rings. The van der Waals surface area contributed by atoms with E-state index in [9.17, 15) is 9.18 Å². The molecule has 0 aliphatic rings. The predicted molar refractivity (Wildman–Crippen MR) is 73.8 cm³/mol. The van der Waals surface area contributed by atoms with Gasteiger partial charge in [0, 0.05) is 6.42 Å². The summed E-state index contributed by atoms with van der Waals surface area (Å²) in [4.78, 5) is 10.3. The van der Waals surface area contributed by atoms with E-state index in [1.807, 2.05) is 13.0 Å². The van der Waals surface area contributed by atoms with E-state index in [-0.39, 0.29) is 12.2 Å². The van der Waals surface area contributed by atoms with Crippen molar-refractivity contribution in [2.45, 2.75) is 39.0 Å². The van der Waals surface area contributed by atoms with Gasteiger partial charge in [-0.25, -0.2) is 4.39 Å². The van der Waals surface area contributed by atoms with Gasteiger partial charge in [-0.3, -0.25) is 4.79 Å². The van der Waals surface area contributed by atoms with Crippen molar-refractivity contribution in [2.75, 3.05) is 13.1 Å². The fourth-order valence-electron chi connectivity index (χ4n) is 1.99. The standard InChI is InChI=1S/C15H22FNO2/c1-12-11-14(16)7-6-13(12)8-10-17-9-4-2-3-5-15(18)19/h6-7,11,17H,2-5,8-10H2,1H3,(H,18,19). The molecule has 0 saturated heterocycles. The normalized spacial score (nSPS) is 10.6. The number of rotatable bonds is 9. The summed E-state index contributed by atoms with van der Waals surface area (Å²) < 4.78 is 12.9. The number of benzene rings is 1. The zero-order valence-corrected chi connectivity index (χ0v) is 11.4. The van der Waals surface area contributed by atoms with Crippen molar-refractivity contribution in [2.24, 2.45) is 0 Å². The number of carboxylic acids is 1. The molecule has 3 nitrogen and oxygen atoms in total. The maximum atomic E-state index is 12.9. The van der Waals surface area contributed by atoms with Gasteiger partial charge in [0.1, 0.15) is 5.82 Å². The molecule has 0 heterocycles. The van der Waals surface area contributed by atoms with Gasteiger partial charge in [-0.15, -0.1) is 0 Å². The van der Waals surface area contributed by atoms with Crippen molar-refractivity contribution in [3.8, 4) is 0 Å². The monoisotopic (exact) mass is 267 g/mol. The summed E-state index contributed by atoms with van der Waals surface area (Å²) in [5.74, 6) is -0.910. The molecule has 0 radical (unpaired) electrons. The van der Waals surface area contributed by atoms with Gasteiger partial charge in [0.05, 0.1) is 0 Å². The van der Waals surface area contributed by atoms with Gasteiger partial charge < -0.3 is 10.4 Å². The predicted octanol–water partition coefficient (Wildman–Crippen LogP) is 2.91. The molecule has 1 aromatic rings. The van der Waals surface area contributed by atoms with Crippen LogP contribution in [0.3, 0.4) is 0 Å². The first-order valence-corrected chi connectivity index (χ1v) is 6.77. The number of unbranched alkanes of at least 4 members (excludes halogenated alkanes) is 2. The first-order chi connectivity index (χ1) is 9.09. The lowest BCUT2D eigenvalue weighted by atomic mass is 10.1. The van der Waals surface area contributed by atoms with Crippen molar-refractivity contribution in [1.82, 2.24) is 5.32 Å². The van der Waals surface area contributed by atoms with E-state index in [1.165, 1.54) is 11.6 Å². The molecule has 0 aliphatic heterocycles. The zero-order chi connectivity index (χ0) is 14.1. The number of halogens is 1. The van der Waals surface area contributed by atoms with Gasteiger partial charge >= 0.3 is 5.97 Å². The van der Waals surface area contributed by atoms with Crippen LogP contribution >= 0.6 is 0 Å². The van der Waals surface area contributed by atoms with Crippen LogP contribution in [0.5, 0.6) is 0 Å². The molecular weight excluding hydrogens is 245 g/mol. The topological polar surface area (TPSA) is 49.3 Å². The lowest BCUT2D eigenvalue weighted by molar-refractivity contribution is -0.137. The number of aliphatic carboxylic acids is 1. The van der Waals surface area contributed by atoms with Crippen LogP contribution < -0.4 is 5.32 Å². The fraction of sp³-hybridized carbons (Fsp3) is 0.533. The van der Waals surface area contributed by atoms with Gasteiger partial charge in [0.2, 0.25) is 0 Å². The van der Waals surface area contributed by atoms with Gasteiger partial charge in [-0.2, -0.15) is 0 Å². The van der Waals surface area contributed by atoms with E-state index in [0.717, 1.165) is 44.3 Å². The summed E-state index contributed by atoms with van der Waals surface area (Å²) in [7, 11) is 0. The Labute approximate surface area is 113 Å². The summed E-state index contributed by atoms with van der Waals surface area (Å²) in [6.07, 6.45) is 3.83. The average Bonchev–Trinajstić information content (AvgIpc) is 2.34. The molecule has 1 rings (SSSR count). The molecule has 0 saturated carbocycles. The summed E-state index contributed by atoms with van der Waals surface area (Å²) >= 11 is 0. The molecule has 2 N–H and O–H groups in total. The van der Waals surface area contributed by atoms with Crippen LogP contribution in [-0.2, 0) is 11.2 Å². The number of aryl methyl sites for hydroxylation is 1. The van der Waals surface area contributed by atoms with Crippen molar-refractivity contribution in [3.05, 3.63) is 35.1 Å². The van der Waals surface area contributed by atoms with Crippen molar-refractivity contribution in [1.29, 1.82) is 0 Å². The van der Waals surface area contributed by atoms with Crippen LogP contribution in [0, 0.1) is 12.7 Å². The Bertz CT molecular complexity index is 407. The molecule has 0 amide bonds. The summed E-state index contributed by atoms with van der Waals surface area (Å²) in [6.45, 7) is 3.69. The lowest BCUT2D eigenvalue weighted by Gasteiger charge is -2.07. The average molecular weight is 267 g/mol. The number of nitrogens with one attached hydrogen (secondary N) is 1. The molecule has 106 valence electrons. The smallest absolute Gasteiger partial charge is 0.303 e. The van der Waals surface area contributed by atoms with Crippen molar-refractivity contribution in [3.63, 3.8) is 0 Å². The third kappa shape index (κ3) is 6.91. The third-order valence-electron chi connectivity index (χ3n) is 3.12. The van der Waals surface area contributed by atoms with Crippen LogP contribution in [0.1, 0.15) is 36.8 Å². The van der Waals surface area contributed by atoms with Gasteiger partial charge in [-0.05, 0) is 62.5 Å². The molecule has 4 heteroatoms. The van der Waals surface area contributed by atoms with Crippen molar-refractivity contribution >= 4 is 5.97 Å². The summed E-state index contributed by atoms with van der Waals surface area (Å²) in [6, 6.07) is 4.88. The van der Waals surface area contributed by atoms with Gasteiger partial charge in [-0.1, -0.05) is 12.5 Å². The Kier molecular flexibility index (Phi) is 7.11. The lowest BCUT2D eigenvalue weighted by Crippen LogP contribution is -2.18. The van der Waals surface area contributed by atoms with Crippen molar-refractivity contribution < 1.29 is 14.3 Å². The Hall–Kier alpha value is -1.42. The third-order valence-corrected chi connectivity index (χ3v) is 3.12. The molecule has 0 spiro atoms. The molecule has 0 atom stereocenters. The molecule has 19 heavy (non-hydrogen) atoms. The molecule has 0 aliphatic carbocycles. The van der Waals surface area contributed by atoms with Crippen LogP contribution in [0.2, 0.25) is 0 Å². The van der Waals surface area contributed by atoms with Crippen LogP contribution in [-0.4, -0.2) is 24.2 Å². The Balaban J connectivity index is 2.06. The minimum absolute atomic E-state index is 0.187. The van der Waals surface area contributed by atoms with E-state index in [1.54, 1.807) is 6.07 Å². The zero-order valence-electron chi connectivity index (χ0n) is 11.4.